The van der Waals surface area contributed by atoms with Gasteiger partial charge in [0.15, 0.2) is 5.69 Å². The Kier molecular flexibility index (Phi) is 9.09. The minimum absolute atomic E-state index is 0.0200. The number of nitrogens with two attached hydrogens (primary N) is 1. The van der Waals surface area contributed by atoms with Crippen LogP contribution < -0.4 is 21.9 Å². The highest BCUT2D eigenvalue weighted by molar-refractivity contribution is 7.89. The number of amides is 1. The molecule has 0 spiro atoms. The summed E-state index contributed by atoms with van der Waals surface area (Å²) in [6.45, 7) is 6.24. The lowest BCUT2D eigenvalue weighted by Gasteiger charge is -2.26. The van der Waals surface area contributed by atoms with E-state index in [4.69, 9.17) is 17.3 Å². The predicted octanol–water partition coefficient (Wildman–Crippen LogP) is 2.52. The Morgan fingerprint density at radius 1 is 1.24 bits per heavy atom. The molecule has 0 saturated heterocycles. The van der Waals surface area contributed by atoms with Crippen molar-refractivity contribution in [3.05, 3.63) is 49.6 Å². The Labute approximate surface area is 204 Å². The number of rotatable bonds is 10. The van der Waals surface area contributed by atoms with Crippen LogP contribution in [-0.4, -0.2) is 48.8 Å². The van der Waals surface area contributed by atoms with Crippen LogP contribution in [0.4, 0.5) is 11.5 Å². The van der Waals surface area contributed by atoms with Crippen molar-refractivity contribution in [3.8, 4) is 0 Å². The molecule has 0 atom stereocenters. The summed E-state index contributed by atoms with van der Waals surface area (Å²) >= 11 is 6.29. The third kappa shape index (κ3) is 5.89. The minimum atomic E-state index is -3.84. The molecule has 0 aliphatic carbocycles. The number of aromatic nitrogens is 2. The standard InChI is InChI=1S/C22H32ClN5O5S/c1-6-7-11-28-19(24)18(20(29)25-22(28)31)27(12-10-14(2)3)21(30)16-13-15(8-9-17(16)23)34(32,33)26(4)5/h8-9,13-14H,6-7,10-12,24H2,1-5H3,(H,25,29,31). The van der Waals surface area contributed by atoms with E-state index in [0.717, 1.165) is 10.7 Å². The zero-order valence-electron chi connectivity index (χ0n) is 20.1. The highest BCUT2D eigenvalue weighted by Crippen LogP contribution is 2.27. The van der Waals surface area contributed by atoms with Gasteiger partial charge in [0, 0.05) is 27.2 Å². The normalized spacial score (nSPS) is 11.9. The first-order valence-corrected chi connectivity index (χ1v) is 12.8. The number of carbonyl (C=O) groups is 1. The number of anilines is 2. The Hall–Kier alpha value is -2.63. The number of nitrogens with one attached hydrogen (secondary N) is 1. The van der Waals surface area contributed by atoms with Crippen LogP contribution in [0.3, 0.4) is 0 Å². The average molecular weight is 514 g/mol. The number of hydrogen-bond donors (Lipinski definition) is 2. The SMILES string of the molecule is CCCCn1c(N)c(N(CCC(C)C)C(=O)c2cc(S(=O)(=O)N(C)C)ccc2Cl)c(=O)[nH]c1=O. The van der Waals surface area contributed by atoms with Crippen LogP contribution in [0.1, 0.15) is 50.4 Å². The van der Waals surface area contributed by atoms with Crippen molar-refractivity contribution in [1.29, 1.82) is 0 Å². The van der Waals surface area contributed by atoms with Crippen LogP contribution in [0.15, 0.2) is 32.7 Å². The van der Waals surface area contributed by atoms with Crippen LogP contribution in [0.5, 0.6) is 0 Å². The van der Waals surface area contributed by atoms with E-state index in [-0.39, 0.29) is 46.0 Å². The van der Waals surface area contributed by atoms with Crippen molar-refractivity contribution in [3.63, 3.8) is 0 Å². The summed E-state index contributed by atoms with van der Waals surface area (Å²) in [5.41, 5.74) is 4.51. The molecule has 0 radical (unpaired) electrons. The van der Waals surface area contributed by atoms with E-state index in [9.17, 15) is 22.8 Å². The smallest absolute Gasteiger partial charge is 0.330 e. The molecule has 1 heterocycles. The molecule has 1 aromatic heterocycles. The van der Waals surface area contributed by atoms with Gasteiger partial charge in [-0.25, -0.2) is 17.5 Å². The van der Waals surface area contributed by atoms with Gasteiger partial charge in [-0.05, 0) is 37.0 Å². The summed E-state index contributed by atoms with van der Waals surface area (Å²) in [4.78, 5) is 42.2. The van der Waals surface area contributed by atoms with Crippen molar-refractivity contribution in [2.24, 2.45) is 5.92 Å². The van der Waals surface area contributed by atoms with Crippen molar-refractivity contribution < 1.29 is 13.2 Å². The maximum atomic E-state index is 13.7. The van der Waals surface area contributed by atoms with Gasteiger partial charge in [0.1, 0.15) is 5.82 Å². The fourth-order valence-corrected chi connectivity index (χ4v) is 4.39. The largest absolute Gasteiger partial charge is 0.383 e. The second-order valence-electron chi connectivity index (χ2n) is 8.57. The predicted molar refractivity (Wildman–Crippen MR) is 134 cm³/mol. The number of unbranched alkanes of at least 4 members (excludes halogenated alkanes) is 1. The quantitative estimate of drug-likeness (QED) is 0.500. The summed E-state index contributed by atoms with van der Waals surface area (Å²) in [6, 6.07) is 3.81. The van der Waals surface area contributed by atoms with Crippen LogP contribution in [0.25, 0.3) is 0 Å². The molecule has 0 bridgehead atoms. The summed E-state index contributed by atoms with van der Waals surface area (Å²) < 4.78 is 27.5. The topological polar surface area (TPSA) is 139 Å². The molecular formula is C22H32ClN5O5S. The molecule has 0 unspecified atom stereocenters. The van der Waals surface area contributed by atoms with Crippen molar-refractivity contribution in [1.82, 2.24) is 13.9 Å². The third-order valence-corrected chi connectivity index (χ3v) is 7.48. The van der Waals surface area contributed by atoms with Crippen LogP contribution in [0, 0.1) is 5.92 Å². The molecule has 0 aliphatic rings. The van der Waals surface area contributed by atoms with Crippen LogP contribution in [-0.2, 0) is 16.6 Å². The molecular weight excluding hydrogens is 482 g/mol. The number of hydrogen-bond acceptors (Lipinski definition) is 6. The number of nitrogens with zero attached hydrogens (tertiary/aromatic N) is 3. The number of sulfonamides is 1. The number of halogens is 1. The van der Waals surface area contributed by atoms with E-state index in [0.29, 0.717) is 12.8 Å². The molecule has 2 aromatic rings. The maximum absolute atomic E-state index is 13.7. The zero-order valence-corrected chi connectivity index (χ0v) is 21.7. The van der Waals surface area contributed by atoms with E-state index in [1.165, 1.54) is 41.8 Å². The van der Waals surface area contributed by atoms with Crippen LogP contribution >= 0.6 is 11.6 Å². The van der Waals surface area contributed by atoms with Gasteiger partial charge in [0.05, 0.1) is 15.5 Å². The second kappa shape index (κ2) is 11.2. The number of carbonyl (C=O) groups excluding carboxylic acids is 1. The minimum Gasteiger partial charge on any atom is -0.383 e. The molecule has 0 fully saturated rings. The lowest BCUT2D eigenvalue weighted by atomic mass is 10.1. The molecule has 12 heteroatoms. The summed E-state index contributed by atoms with van der Waals surface area (Å²) in [6.07, 6.45) is 1.96. The van der Waals surface area contributed by atoms with Gasteiger partial charge in [-0.15, -0.1) is 0 Å². The summed E-state index contributed by atoms with van der Waals surface area (Å²) in [5.74, 6) is -0.649. The molecule has 34 heavy (non-hydrogen) atoms. The fourth-order valence-electron chi connectivity index (χ4n) is 3.26. The first-order chi connectivity index (χ1) is 15.8. The monoisotopic (exact) mass is 513 g/mol. The van der Waals surface area contributed by atoms with Crippen LogP contribution in [0.2, 0.25) is 5.02 Å². The summed E-state index contributed by atoms with van der Waals surface area (Å²) in [7, 11) is -1.09. The lowest BCUT2D eigenvalue weighted by molar-refractivity contribution is 0.0985. The van der Waals surface area contributed by atoms with Gasteiger partial charge in [-0.2, -0.15) is 0 Å². The molecule has 0 aliphatic heterocycles. The van der Waals surface area contributed by atoms with Crippen molar-refractivity contribution in [2.75, 3.05) is 31.3 Å². The Morgan fingerprint density at radius 2 is 1.88 bits per heavy atom. The second-order valence-corrected chi connectivity index (χ2v) is 11.1. The lowest BCUT2D eigenvalue weighted by Crippen LogP contribution is -2.42. The molecule has 3 N–H and O–H groups in total. The molecule has 0 saturated carbocycles. The zero-order chi connectivity index (χ0) is 25.8. The Bertz CT molecular complexity index is 1270. The number of aromatic amines is 1. The Balaban J connectivity index is 2.72. The van der Waals surface area contributed by atoms with E-state index >= 15 is 0 Å². The number of H-pyrrole nitrogens is 1. The molecule has 1 amide bonds. The fraction of sp³-hybridized carbons (Fsp3) is 0.500. The van der Waals surface area contributed by atoms with E-state index in [1.807, 2.05) is 20.8 Å². The molecule has 1 aromatic carbocycles. The number of nitrogen functional groups attached to an aromatic ring is 1. The molecule has 10 nitrogen and oxygen atoms in total. The van der Waals surface area contributed by atoms with E-state index in [2.05, 4.69) is 4.98 Å². The van der Waals surface area contributed by atoms with Gasteiger partial charge in [0.25, 0.3) is 11.5 Å². The van der Waals surface area contributed by atoms with E-state index in [1.54, 1.807) is 0 Å². The van der Waals surface area contributed by atoms with Crippen molar-refractivity contribution in [2.45, 2.75) is 51.5 Å². The summed E-state index contributed by atoms with van der Waals surface area (Å²) in [5, 5.41) is 0.0200. The van der Waals surface area contributed by atoms with Crippen molar-refractivity contribution >= 4 is 39.0 Å². The maximum Gasteiger partial charge on any atom is 0.330 e. The molecule has 2 rings (SSSR count). The van der Waals surface area contributed by atoms with E-state index < -0.39 is 27.2 Å². The van der Waals surface area contributed by atoms with Gasteiger partial charge >= 0.3 is 5.69 Å². The highest BCUT2D eigenvalue weighted by Gasteiger charge is 2.28. The van der Waals surface area contributed by atoms with Gasteiger partial charge in [0.2, 0.25) is 10.0 Å². The third-order valence-electron chi connectivity index (χ3n) is 5.34. The Morgan fingerprint density at radius 3 is 2.44 bits per heavy atom. The average Bonchev–Trinajstić information content (AvgIpc) is 2.75. The van der Waals surface area contributed by atoms with Gasteiger partial charge < -0.3 is 10.6 Å². The van der Waals surface area contributed by atoms with Gasteiger partial charge in [-0.1, -0.05) is 38.8 Å². The molecule has 188 valence electrons. The number of benzene rings is 1. The first-order valence-electron chi connectivity index (χ1n) is 11.0. The highest BCUT2D eigenvalue weighted by atomic mass is 35.5. The first kappa shape index (κ1) is 27.6. The van der Waals surface area contributed by atoms with Gasteiger partial charge in [-0.3, -0.25) is 19.1 Å².